The molecule has 1 aromatic heterocycles. The number of aromatic nitrogens is 2. The first-order valence-electron chi connectivity index (χ1n) is 8.52. The molecule has 0 radical (unpaired) electrons. The van der Waals surface area contributed by atoms with E-state index < -0.39 is 6.09 Å². The summed E-state index contributed by atoms with van der Waals surface area (Å²) in [6, 6.07) is 17.4. The SMILES string of the molecule is O=C(NCCC#Cc1ccc(-n2cc[nH]c2=S)cc1)OCc1ccccc1. The van der Waals surface area contributed by atoms with Crippen LogP contribution in [0.25, 0.3) is 5.69 Å². The summed E-state index contributed by atoms with van der Waals surface area (Å²) in [7, 11) is 0. The third-order valence-corrected chi connectivity index (χ3v) is 4.07. The van der Waals surface area contributed by atoms with Gasteiger partial charge >= 0.3 is 6.09 Å². The Morgan fingerprint density at radius 2 is 1.93 bits per heavy atom. The van der Waals surface area contributed by atoms with E-state index in [2.05, 4.69) is 22.1 Å². The number of aromatic amines is 1. The number of hydrogen-bond acceptors (Lipinski definition) is 3. The van der Waals surface area contributed by atoms with Crippen molar-refractivity contribution in [3.05, 3.63) is 82.9 Å². The zero-order chi connectivity index (χ0) is 18.9. The number of nitrogens with one attached hydrogen (secondary N) is 2. The van der Waals surface area contributed by atoms with Crippen LogP contribution in [0.5, 0.6) is 0 Å². The minimum atomic E-state index is -0.437. The van der Waals surface area contributed by atoms with Crippen molar-refractivity contribution in [1.82, 2.24) is 14.9 Å². The molecule has 3 aromatic rings. The average Bonchev–Trinajstić information content (AvgIpc) is 3.13. The van der Waals surface area contributed by atoms with Crippen LogP contribution in [-0.4, -0.2) is 22.2 Å². The minimum absolute atomic E-state index is 0.260. The highest BCUT2D eigenvalue weighted by molar-refractivity contribution is 7.71. The summed E-state index contributed by atoms with van der Waals surface area (Å²) in [5, 5.41) is 2.69. The van der Waals surface area contributed by atoms with Crippen LogP contribution < -0.4 is 5.32 Å². The Morgan fingerprint density at radius 1 is 1.15 bits per heavy atom. The molecule has 0 spiro atoms. The topological polar surface area (TPSA) is 59.0 Å². The lowest BCUT2D eigenvalue weighted by atomic mass is 10.2. The van der Waals surface area contributed by atoms with Gasteiger partial charge in [-0.3, -0.25) is 4.57 Å². The van der Waals surface area contributed by atoms with Crippen LogP contribution in [0, 0.1) is 16.6 Å². The Bertz CT molecular complexity index is 995. The number of carbonyl (C=O) groups excluding carboxylic acids is 1. The predicted molar refractivity (Wildman–Crippen MR) is 107 cm³/mol. The van der Waals surface area contributed by atoms with E-state index in [-0.39, 0.29) is 6.61 Å². The molecule has 0 fully saturated rings. The third-order valence-electron chi connectivity index (χ3n) is 3.76. The van der Waals surface area contributed by atoms with Crippen LogP contribution in [0.3, 0.4) is 0 Å². The number of imidazole rings is 1. The predicted octanol–water partition coefficient (Wildman–Crippen LogP) is 4.20. The van der Waals surface area contributed by atoms with E-state index in [1.807, 2.05) is 65.4 Å². The Hall–Kier alpha value is -3.30. The minimum Gasteiger partial charge on any atom is -0.445 e. The van der Waals surface area contributed by atoms with Gasteiger partial charge in [-0.2, -0.15) is 0 Å². The van der Waals surface area contributed by atoms with E-state index in [0.29, 0.717) is 17.7 Å². The zero-order valence-electron chi connectivity index (χ0n) is 14.6. The van der Waals surface area contributed by atoms with Gasteiger partial charge in [0, 0.05) is 36.6 Å². The summed E-state index contributed by atoms with van der Waals surface area (Å²) < 4.78 is 7.68. The van der Waals surface area contributed by atoms with E-state index in [9.17, 15) is 4.79 Å². The maximum Gasteiger partial charge on any atom is 0.407 e. The summed E-state index contributed by atoms with van der Waals surface area (Å²) >= 11 is 5.20. The molecule has 1 amide bonds. The molecule has 1 heterocycles. The summed E-state index contributed by atoms with van der Waals surface area (Å²) in [5.74, 6) is 6.12. The standard InChI is InChI=1S/C21H19N3O2S/c25-21(26-16-18-7-2-1-3-8-18)23-13-5-4-6-17-9-11-19(12-10-17)24-15-14-22-20(24)27/h1-3,7-12,14-15H,5,13,16H2,(H,22,27)(H,23,25). The molecule has 0 atom stereocenters. The average molecular weight is 377 g/mol. The summed E-state index contributed by atoms with van der Waals surface area (Å²) in [4.78, 5) is 14.6. The van der Waals surface area contributed by atoms with Gasteiger partial charge in [-0.15, -0.1) is 0 Å². The van der Waals surface area contributed by atoms with Gasteiger partial charge in [-0.1, -0.05) is 42.2 Å². The smallest absolute Gasteiger partial charge is 0.407 e. The Kier molecular flexibility index (Phi) is 6.45. The normalized spacial score (nSPS) is 9.93. The maximum atomic E-state index is 11.6. The lowest BCUT2D eigenvalue weighted by Crippen LogP contribution is -2.24. The molecule has 0 saturated heterocycles. The van der Waals surface area contributed by atoms with Crippen molar-refractivity contribution in [3.8, 4) is 17.5 Å². The van der Waals surface area contributed by atoms with Gasteiger partial charge in [0.25, 0.3) is 0 Å². The number of ether oxygens (including phenoxy) is 1. The quantitative estimate of drug-likeness (QED) is 0.398. The maximum absolute atomic E-state index is 11.6. The monoisotopic (exact) mass is 377 g/mol. The van der Waals surface area contributed by atoms with Gasteiger partial charge in [-0.05, 0) is 42.0 Å². The fourth-order valence-electron chi connectivity index (χ4n) is 2.39. The molecule has 2 aromatic carbocycles. The van der Waals surface area contributed by atoms with Gasteiger partial charge in [0.2, 0.25) is 0 Å². The second-order valence-corrected chi connectivity index (χ2v) is 6.11. The second kappa shape index (κ2) is 9.41. The van der Waals surface area contributed by atoms with Gasteiger partial charge in [-0.25, -0.2) is 4.79 Å². The Labute approximate surface area is 163 Å². The molecule has 3 rings (SSSR count). The fourth-order valence-corrected chi connectivity index (χ4v) is 2.63. The van der Waals surface area contributed by atoms with Gasteiger partial charge in [0.15, 0.2) is 4.77 Å². The molecule has 0 saturated carbocycles. The highest BCUT2D eigenvalue weighted by atomic mass is 32.1. The van der Waals surface area contributed by atoms with Crippen molar-refractivity contribution in [2.24, 2.45) is 0 Å². The summed E-state index contributed by atoms with van der Waals surface area (Å²) in [5.41, 5.74) is 2.85. The van der Waals surface area contributed by atoms with Crippen molar-refractivity contribution >= 4 is 18.3 Å². The molecule has 0 unspecified atom stereocenters. The molecule has 0 aliphatic carbocycles. The number of rotatable bonds is 5. The van der Waals surface area contributed by atoms with Crippen LogP contribution in [0.1, 0.15) is 17.5 Å². The first-order valence-corrected chi connectivity index (χ1v) is 8.93. The van der Waals surface area contributed by atoms with Crippen LogP contribution in [0.2, 0.25) is 0 Å². The second-order valence-electron chi connectivity index (χ2n) is 5.72. The number of alkyl carbamates (subject to hydrolysis) is 1. The number of benzene rings is 2. The number of amides is 1. The van der Waals surface area contributed by atoms with E-state index in [4.69, 9.17) is 17.0 Å². The highest BCUT2D eigenvalue weighted by Gasteiger charge is 2.01. The Balaban J connectivity index is 1.41. The summed E-state index contributed by atoms with van der Waals surface area (Å²) in [6.45, 7) is 0.701. The van der Waals surface area contributed by atoms with Crippen molar-refractivity contribution in [2.45, 2.75) is 13.0 Å². The van der Waals surface area contributed by atoms with Crippen molar-refractivity contribution in [3.63, 3.8) is 0 Å². The number of H-pyrrole nitrogens is 1. The molecular weight excluding hydrogens is 358 g/mol. The molecule has 0 bridgehead atoms. The van der Waals surface area contributed by atoms with Gasteiger partial charge in [0.1, 0.15) is 6.61 Å². The number of hydrogen-bond donors (Lipinski definition) is 2. The van der Waals surface area contributed by atoms with Crippen molar-refractivity contribution in [2.75, 3.05) is 6.54 Å². The molecule has 136 valence electrons. The number of carbonyl (C=O) groups is 1. The van der Waals surface area contributed by atoms with E-state index in [0.717, 1.165) is 16.8 Å². The molecule has 27 heavy (non-hydrogen) atoms. The van der Waals surface area contributed by atoms with E-state index >= 15 is 0 Å². The van der Waals surface area contributed by atoms with Crippen molar-refractivity contribution in [1.29, 1.82) is 0 Å². The lowest BCUT2D eigenvalue weighted by Gasteiger charge is -2.05. The van der Waals surface area contributed by atoms with Crippen molar-refractivity contribution < 1.29 is 9.53 Å². The molecular formula is C21H19N3O2S. The number of nitrogens with zero attached hydrogens (tertiary/aromatic N) is 1. The lowest BCUT2D eigenvalue weighted by molar-refractivity contribution is 0.140. The largest absolute Gasteiger partial charge is 0.445 e. The van der Waals surface area contributed by atoms with Crippen LogP contribution >= 0.6 is 12.2 Å². The van der Waals surface area contributed by atoms with Gasteiger partial charge in [0.05, 0.1) is 0 Å². The van der Waals surface area contributed by atoms with Gasteiger partial charge < -0.3 is 15.0 Å². The third kappa shape index (κ3) is 5.59. The first kappa shape index (κ1) is 18.5. The molecule has 6 heteroatoms. The van der Waals surface area contributed by atoms with Crippen LogP contribution in [0.15, 0.2) is 67.0 Å². The molecule has 0 aliphatic heterocycles. The van der Waals surface area contributed by atoms with Crippen LogP contribution in [0.4, 0.5) is 4.79 Å². The molecule has 0 aliphatic rings. The Morgan fingerprint density at radius 3 is 2.63 bits per heavy atom. The van der Waals surface area contributed by atoms with Crippen LogP contribution in [-0.2, 0) is 11.3 Å². The molecule has 5 nitrogen and oxygen atoms in total. The fraction of sp³-hybridized carbons (Fsp3) is 0.143. The highest BCUT2D eigenvalue weighted by Crippen LogP contribution is 2.09. The van der Waals surface area contributed by atoms with E-state index in [1.165, 1.54) is 0 Å². The zero-order valence-corrected chi connectivity index (χ0v) is 15.5. The van der Waals surface area contributed by atoms with E-state index in [1.54, 1.807) is 6.20 Å². The first-order chi connectivity index (χ1) is 13.2. The molecule has 2 N–H and O–H groups in total. The summed E-state index contributed by atoms with van der Waals surface area (Å²) in [6.07, 6.45) is 3.79.